The van der Waals surface area contributed by atoms with Gasteiger partial charge in [0, 0.05) is 32.5 Å². The Balaban J connectivity index is 2.13. The molecule has 106 valence electrons. The molecular weight excluding hydrogens is 264 g/mol. The minimum Gasteiger partial charge on any atom is -0.388 e. The first-order valence-corrected chi connectivity index (χ1v) is 6.52. The van der Waals surface area contributed by atoms with Crippen molar-refractivity contribution in [2.75, 3.05) is 19.4 Å². The molecule has 1 heterocycles. The minimum atomic E-state index is -0.158. The van der Waals surface area contributed by atoms with Gasteiger partial charge in [-0.1, -0.05) is 12.1 Å². The van der Waals surface area contributed by atoms with Gasteiger partial charge in [0.2, 0.25) is 0 Å². The summed E-state index contributed by atoms with van der Waals surface area (Å²) in [7, 11) is 3.51. The van der Waals surface area contributed by atoms with Crippen LogP contribution in [-0.2, 0) is 6.54 Å². The molecule has 5 heteroatoms. The van der Waals surface area contributed by atoms with Gasteiger partial charge < -0.3 is 10.2 Å². The Kier molecular flexibility index (Phi) is 4.52. The Morgan fingerprint density at radius 3 is 2.90 bits per heavy atom. The van der Waals surface area contributed by atoms with Gasteiger partial charge in [0.25, 0.3) is 5.91 Å². The second-order valence-electron chi connectivity index (χ2n) is 4.65. The van der Waals surface area contributed by atoms with Crippen molar-refractivity contribution in [1.82, 2.24) is 9.88 Å². The van der Waals surface area contributed by atoms with Crippen molar-refractivity contribution in [3.8, 4) is 6.07 Å². The van der Waals surface area contributed by atoms with Crippen LogP contribution in [-0.4, -0.2) is 29.9 Å². The number of rotatable bonds is 4. The highest BCUT2D eigenvalue weighted by atomic mass is 16.2. The number of pyridine rings is 1. The van der Waals surface area contributed by atoms with Crippen LogP contribution < -0.4 is 5.32 Å². The summed E-state index contributed by atoms with van der Waals surface area (Å²) in [4.78, 5) is 18.0. The maximum atomic E-state index is 12.3. The lowest BCUT2D eigenvalue weighted by Gasteiger charge is -2.17. The lowest BCUT2D eigenvalue weighted by molar-refractivity contribution is 0.0779. The zero-order chi connectivity index (χ0) is 15.2. The van der Waals surface area contributed by atoms with Gasteiger partial charge in [-0.05, 0) is 29.8 Å². The van der Waals surface area contributed by atoms with E-state index in [0.717, 1.165) is 11.3 Å². The van der Waals surface area contributed by atoms with E-state index in [4.69, 9.17) is 5.26 Å². The topological polar surface area (TPSA) is 69.0 Å². The molecule has 2 aromatic rings. The summed E-state index contributed by atoms with van der Waals surface area (Å²) in [5.41, 5.74) is 2.73. The number of hydrogen-bond donors (Lipinski definition) is 1. The van der Waals surface area contributed by atoms with Crippen LogP contribution in [0.5, 0.6) is 0 Å². The fourth-order valence-corrected chi connectivity index (χ4v) is 1.98. The molecule has 0 fully saturated rings. The molecule has 0 aliphatic heterocycles. The van der Waals surface area contributed by atoms with Gasteiger partial charge in [-0.25, -0.2) is 0 Å². The SMILES string of the molecule is CNc1ccnc(C(=O)N(C)Cc2cccc(C#N)c2)c1. The first-order valence-electron chi connectivity index (χ1n) is 6.52. The lowest BCUT2D eigenvalue weighted by atomic mass is 10.1. The van der Waals surface area contributed by atoms with Gasteiger partial charge in [-0.2, -0.15) is 5.26 Å². The van der Waals surface area contributed by atoms with E-state index in [9.17, 15) is 4.79 Å². The van der Waals surface area contributed by atoms with Crippen molar-refractivity contribution in [1.29, 1.82) is 5.26 Å². The van der Waals surface area contributed by atoms with Crippen LogP contribution in [0.25, 0.3) is 0 Å². The summed E-state index contributed by atoms with van der Waals surface area (Å²) in [6.07, 6.45) is 1.60. The molecule has 0 bridgehead atoms. The Morgan fingerprint density at radius 1 is 1.38 bits per heavy atom. The minimum absolute atomic E-state index is 0.158. The van der Waals surface area contributed by atoms with Crippen molar-refractivity contribution in [3.05, 3.63) is 59.4 Å². The summed E-state index contributed by atoms with van der Waals surface area (Å²) >= 11 is 0. The molecule has 2 rings (SSSR count). The third kappa shape index (κ3) is 3.57. The van der Waals surface area contributed by atoms with Gasteiger partial charge in [0.15, 0.2) is 0 Å². The Morgan fingerprint density at radius 2 is 2.19 bits per heavy atom. The molecule has 1 amide bonds. The van der Waals surface area contributed by atoms with E-state index in [2.05, 4.69) is 16.4 Å². The fourth-order valence-electron chi connectivity index (χ4n) is 1.98. The number of amides is 1. The molecule has 0 unspecified atom stereocenters. The summed E-state index contributed by atoms with van der Waals surface area (Å²) in [6.45, 7) is 0.430. The van der Waals surface area contributed by atoms with Gasteiger partial charge in [0.05, 0.1) is 11.6 Å². The number of nitrogens with zero attached hydrogens (tertiary/aromatic N) is 3. The molecular formula is C16H16N4O. The zero-order valence-corrected chi connectivity index (χ0v) is 12.0. The van der Waals surface area contributed by atoms with E-state index in [1.807, 2.05) is 12.1 Å². The first kappa shape index (κ1) is 14.5. The molecule has 0 aliphatic rings. The van der Waals surface area contributed by atoms with Crippen LogP contribution >= 0.6 is 0 Å². The third-order valence-electron chi connectivity index (χ3n) is 3.09. The normalized spacial score (nSPS) is 9.76. The van der Waals surface area contributed by atoms with E-state index in [-0.39, 0.29) is 5.91 Å². The lowest BCUT2D eigenvalue weighted by Crippen LogP contribution is -2.27. The number of carbonyl (C=O) groups excluding carboxylic acids is 1. The van der Waals surface area contributed by atoms with E-state index < -0.39 is 0 Å². The van der Waals surface area contributed by atoms with Crippen LogP contribution in [0.15, 0.2) is 42.6 Å². The largest absolute Gasteiger partial charge is 0.388 e. The Bertz CT molecular complexity index is 691. The fraction of sp³-hybridized carbons (Fsp3) is 0.188. The predicted octanol–water partition coefficient (Wildman–Crippen LogP) is 2.27. The smallest absolute Gasteiger partial charge is 0.272 e. The molecule has 0 saturated heterocycles. The number of benzene rings is 1. The third-order valence-corrected chi connectivity index (χ3v) is 3.09. The van der Waals surface area contributed by atoms with Crippen LogP contribution in [0.3, 0.4) is 0 Å². The van der Waals surface area contributed by atoms with Gasteiger partial charge in [-0.15, -0.1) is 0 Å². The quantitative estimate of drug-likeness (QED) is 0.932. The van der Waals surface area contributed by atoms with E-state index in [1.165, 1.54) is 0 Å². The molecule has 1 aromatic carbocycles. The molecule has 0 saturated carbocycles. The average molecular weight is 280 g/mol. The number of nitriles is 1. The predicted molar refractivity (Wildman–Crippen MR) is 80.7 cm³/mol. The van der Waals surface area contributed by atoms with Gasteiger partial charge in [0.1, 0.15) is 5.69 Å². The number of nitrogens with one attached hydrogen (secondary N) is 1. The summed E-state index contributed by atoms with van der Waals surface area (Å²) in [6, 6.07) is 12.8. The van der Waals surface area contributed by atoms with Crippen molar-refractivity contribution in [2.45, 2.75) is 6.54 Å². The second-order valence-corrected chi connectivity index (χ2v) is 4.65. The molecule has 0 aliphatic carbocycles. The van der Waals surface area contributed by atoms with Crippen LogP contribution in [0.4, 0.5) is 5.69 Å². The van der Waals surface area contributed by atoms with Gasteiger partial charge >= 0.3 is 0 Å². The highest BCUT2D eigenvalue weighted by molar-refractivity contribution is 5.92. The summed E-state index contributed by atoms with van der Waals surface area (Å²) < 4.78 is 0. The van der Waals surface area contributed by atoms with Crippen LogP contribution in [0.2, 0.25) is 0 Å². The summed E-state index contributed by atoms with van der Waals surface area (Å²) in [5, 5.41) is 11.9. The van der Waals surface area contributed by atoms with E-state index in [0.29, 0.717) is 17.8 Å². The first-order chi connectivity index (χ1) is 10.1. The van der Waals surface area contributed by atoms with Crippen molar-refractivity contribution < 1.29 is 4.79 Å². The monoisotopic (exact) mass is 280 g/mol. The van der Waals surface area contributed by atoms with Crippen molar-refractivity contribution in [3.63, 3.8) is 0 Å². The molecule has 0 atom stereocenters. The average Bonchev–Trinajstić information content (AvgIpc) is 2.54. The zero-order valence-electron chi connectivity index (χ0n) is 12.0. The van der Waals surface area contributed by atoms with E-state index in [1.54, 1.807) is 49.5 Å². The molecule has 1 aromatic heterocycles. The Labute approximate surface area is 123 Å². The van der Waals surface area contributed by atoms with Crippen molar-refractivity contribution in [2.24, 2.45) is 0 Å². The maximum Gasteiger partial charge on any atom is 0.272 e. The maximum absolute atomic E-state index is 12.3. The number of hydrogen-bond acceptors (Lipinski definition) is 4. The Hall–Kier alpha value is -2.87. The number of anilines is 1. The molecule has 5 nitrogen and oxygen atoms in total. The van der Waals surface area contributed by atoms with Crippen LogP contribution in [0, 0.1) is 11.3 Å². The van der Waals surface area contributed by atoms with Gasteiger partial charge in [-0.3, -0.25) is 9.78 Å². The molecule has 1 N–H and O–H groups in total. The van der Waals surface area contributed by atoms with E-state index >= 15 is 0 Å². The standard InChI is InChI=1S/C16H16N4O/c1-18-14-6-7-19-15(9-14)16(21)20(2)11-13-5-3-4-12(8-13)10-17/h3-9H,11H2,1-2H3,(H,18,19). The molecule has 0 spiro atoms. The highest BCUT2D eigenvalue weighted by Gasteiger charge is 2.14. The molecule has 21 heavy (non-hydrogen) atoms. The van der Waals surface area contributed by atoms with Crippen molar-refractivity contribution >= 4 is 11.6 Å². The summed E-state index contributed by atoms with van der Waals surface area (Å²) in [5.74, 6) is -0.158. The number of aromatic nitrogens is 1. The molecule has 0 radical (unpaired) electrons. The second kappa shape index (κ2) is 6.53. The number of carbonyl (C=O) groups is 1. The van der Waals surface area contributed by atoms with Crippen LogP contribution in [0.1, 0.15) is 21.6 Å². The highest BCUT2D eigenvalue weighted by Crippen LogP contribution is 2.12.